The summed E-state index contributed by atoms with van der Waals surface area (Å²) in [4.78, 5) is 13.4. The number of primary amides is 1. The fraction of sp³-hybridized carbons (Fsp3) is 0.909. The highest BCUT2D eigenvalue weighted by atomic mass is 16.1. The molecular formula is C11H19N3O. The number of rotatable bonds is 3. The zero-order valence-corrected chi connectivity index (χ0v) is 9.04. The number of nitrogens with one attached hydrogen (secondary N) is 1. The third-order valence-electron chi connectivity index (χ3n) is 4.42. The van der Waals surface area contributed by atoms with E-state index in [-0.39, 0.29) is 11.9 Å². The summed E-state index contributed by atoms with van der Waals surface area (Å²) in [5.74, 6) is -0.148. The Morgan fingerprint density at radius 2 is 2.13 bits per heavy atom. The molecule has 0 spiro atoms. The lowest BCUT2D eigenvalue weighted by Gasteiger charge is -2.43. The Labute approximate surface area is 90.2 Å². The number of hydrogen-bond donors (Lipinski definition) is 2. The van der Waals surface area contributed by atoms with Crippen LogP contribution in [0.25, 0.3) is 0 Å². The summed E-state index contributed by atoms with van der Waals surface area (Å²) in [5, 5.41) is 3.71. The van der Waals surface area contributed by atoms with Gasteiger partial charge in [-0.1, -0.05) is 0 Å². The maximum Gasteiger partial charge on any atom is 0.234 e. The Bertz CT molecular complexity index is 284. The number of fused-ring (bicyclic) bond motifs is 2. The Kier molecular flexibility index (Phi) is 2.04. The Balaban J connectivity index is 1.63. The fourth-order valence-electron chi connectivity index (χ4n) is 3.44. The zero-order chi connectivity index (χ0) is 10.5. The largest absolute Gasteiger partial charge is 0.368 e. The van der Waals surface area contributed by atoms with E-state index >= 15 is 0 Å². The molecule has 15 heavy (non-hydrogen) atoms. The second-order valence-corrected chi connectivity index (χ2v) is 5.38. The molecule has 4 nitrogen and oxygen atoms in total. The van der Waals surface area contributed by atoms with Crippen LogP contribution in [0.1, 0.15) is 32.1 Å². The maximum absolute atomic E-state index is 11.1. The highest BCUT2D eigenvalue weighted by Crippen LogP contribution is 2.39. The van der Waals surface area contributed by atoms with Gasteiger partial charge in [0.15, 0.2) is 0 Å². The Morgan fingerprint density at radius 1 is 1.40 bits per heavy atom. The van der Waals surface area contributed by atoms with Gasteiger partial charge in [0.25, 0.3) is 0 Å². The SMILES string of the molecule is NC(=O)C1CCN1CC12CCC(CC1)N2. The van der Waals surface area contributed by atoms with E-state index in [9.17, 15) is 4.79 Å². The van der Waals surface area contributed by atoms with Gasteiger partial charge in [-0.15, -0.1) is 0 Å². The second kappa shape index (κ2) is 3.19. The number of nitrogens with zero attached hydrogens (tertiary/aromatic N) is 1. The predicted molar refractivity (Wildman–Crippen MR) is 57.3 cm³/mol. The van der Waals surface area contributed by atoms with E-state index in [2.05, 4.69) is 10.2 Å². The van der Waals surface area contributed by atoms with Gasteiger partial charge in [0, 0.05) is 24.7 Å². The molecule has 0 aromatic rings. The molecule has 4 heteroatoms. The molecule has 0 aromatic heterocycles. The average molecular weight is 209 g/mol. The van der Waals surface area contributed by atoms with Crippen molar-refractivity contribution in [3.63, 3.8) is 0 Å². The standard InChI is InChI=1S/C11H19N3O/c12-10(15)9-3-6-14(9)7-11-4-1-8(13-11)2-5-11/h8-9,13H,1-7H2,(H2,12,15). The Morgan fingerprint density at radius 3 is 2.53 bits per heavy atom. The molecule has 3 aliphatic rings. The summed E-state index contributed by atoms with van der Waals surface area (Å²) >= 11 is 0. The predicted octanol–water partition coefficient (Wildman–Crippen LogP) is -0.169. The van der Waals surface area contributed by atoms with Gasteiger partial charge in [-0.2, -0.15) is 0 Å². The minimum atomic E-state index is -0.148. The molecule has 3 fully saturated rings. The number of amides is 1. The molecule has 3 N–H and O–H groups in total. The molecule has 3 aliphatic heterocycles. The van der Waals surface area contributed by atoms with Gasteiger partial charge in [-0.3, -0.25) is 9.69 Å². The van der Waals surface area contributed by atoms with Crippen LogP contribution >= 0.6 is 0 Å². The second-order valence-electron chi connectivity index (χ2n) is 5.38. The van der Waals surface area contributed by atoms with Gasteiger partial charge < -0.3 is 11.1 Å². The summed E-state index contributed by atoms with van der Waals surface area (Å²) in [5.41, 5.74) is 5.67. The van der Waals surface area contributed by atoms with Gasteiger partial charge in [-0.05, 0) is 32.1 Å². The highest BCUT2D eigenvalue weighted by molar-refractivity contribution is 5.80. The lowest BCUT2D eigenvalue weighted by Crippen LogP contribution is -2.60. The lowest BCUT2D eigenvalue weighted by molar-refractivity contribution is -0.128. The van der Waals surface area contributed by atoms with E-state index in [1.165, 1.54) is 25.7 Å². The van der Waals surface area contributed by atoms with Gasteiger partial charge in [-0.25, -0.2) is 0 Å². The number of nitrogens with two attached hydrogens (primary N) is 1. The number of hydrogen-bond acceptors (Lipinski definition) is 3. The molecule has 3 rings (SSSR count). The molecule has 84 valence electrons. The van der Waals surface area contributed by atoms with Crippen molar-refractivity contribution < 1.29 is 4.79 Å². The third kappa shape index (κ3) is 1.47. The van der Waals surface area contributed by atoms with Crippen LogP contribution in [0.2, 0.25) is 0 Å². The molecule has 0 aromatic carbocycles. The van der Waals surface area contributed by atoms with E-state index in [1.54, 1.807) is 0 Å². The van der Waals surface area contributed by atoms with Crippen molar-refractivity contribution in [2.24, 2.45) is 5.73 Å². The topological polar surface area (TPSA) is 58.4 Å². The van der Waals surface area contributed by atoms with E-state index in [0.717, 1.165) is 25.6 Å². The van der Waals surface area contributed by atoms with E-state index in [4.69, 9.17) is 5.73 Å². The zero-order valence-electron chi connectivity index (χ0n) is 9.04. The average Bonchev–Trinajstić information content (AvgIpc) is 2.71. The molecule has 2 bridgehead atoms. The van der Waals surface area contributed by atoms with Crippen molar-refractivity contribution in [2.45, 2.75) is 49.7 Å². The van der Waals surface area contributed by atoms with Crippen LogP contribution in [0.4, 0.5) is 0 Å². The van der Waals surface area contributed by atoms with Crippen molar-refractivity contribution in [3.05, 3.63) is 0 Å². The first-order valence-electron chi connectivity index (χ1n) is 6.00. The number of carbonyl (C=O) groups is 1. The van der Waals surface area contributed by atoms with E-state index in [0.29, 0.717) is 5.54 Å². The minimum Gasteiger partial charge on any atom is -0.368 e. The fourth-order valence-corrected chi connectivity index (χ4v) is 3.44. The van der Waals surface area contributed by atoms with Crippen molar-refractivity contribution in [1.82, 2.24) is 10.2 Å². The normalized spacial score (nSPS) is 44.3. The summed E-state index contributed by atoms with van der Waals surface area (Å²) < 4.78 is 0. The van der Waals surface area contributed by atoms with Gasteiger partial charge in [0.1, 0.15) is 0 Å². The van der Waals surface area contributed by atoms with Crippen molar-refractivity contribution in [1.29, 1.82) is 0 Å². The van der Waals surface area contributed by atoms with Crippen molar-refractivity contribution in [3.8, 4) is 0 Å². The first-order valence-corrected chi connectivity index (χ1v) is 6.00. The van der Waals surface area contributed by atoms with Gasteiger partial charge in [0.2, 0.25) is 5.91 Å². The molecule has 0 aliphatic carbocycles. The minimum absolute atomic E-state index is 0.0147. The quantitative estimate of drug-likeness (QED) is 0.678. The summed E-state index contributed by atoms with van der Waals surface area (Å²) in [6, 6.07) is 0.763. The monoisotopic (exact) mass is 209 g/mol. The van der Waals surface area contributed by atoms with Gasteiger partial charge in [0.05, 0.1) is 6.04 Å². The molecule has 3 heterocycles. The van der Waals surface area contributed by atoms with Gasteiger partial charge >= 0.3 is 0 Å². The van der Waals surface area contributed by atoms with E-state index in [1.807, 2.05) is 0 Å². The maximum atomic E-state index is 11.1. The molecular weight excluding hydrogens is 190 g/mol. The first-order chi connectivity index (χ1) is 7.19. The molecule has 3 saturated heterocycles. The van der Waals surface area contributed by atoms with Crippen LogP contribution in [0.15, 0.2) is 0 Å². The molecule has 1 amide bonds. The first kappa shape index (κ1) is 9.60. The van der Waals surface area contributed by atoms with Crippen LogP contribution < -0.4 is 11.1 Å². The van der Waals surface area contributed by atoms with Crippen LogP contribution in [-0.4, -0.2) is 41.5 Å². The number of carbonyl (C=O) groups excluding carboxylic acids is 1. The summed E-state index contributed by atoms with van der Waals surface area (Å²) in [7, 11) is 0. The summed E-state index contributed by atoms with van der Waals surface area (Å²) in [6.07, 6.45) is 6.14. The molecule has 0 radical (unpaired) electrons. The van der Waals surface area contributed by atoms with E-state index < -0.39 is 0 Å². The molecule has 1 unspecified atom stereocenters. The van der Waals surface area contributed by atoms with Crippen LogP contribution in [0, 0.1) is 0 Å². The number of likely N-dealkylation sites (tertiary alicyclic amines) is 1. The Hall–Kier alpha value is -0.610. The lowest BCUT2D eigenvalue weighted by atomic mass is 9.86. The van der Waals surface area contributed by atoms with Crippen molar-refractivity contribution >= 4 is 5.91 Å². The van der Waals surface area contributed by atoms with Crippen LogP contribution in [-0.2, 0) is 4.79 Å². The smallest absolute Gasteiger partial charge is 0.234 e. The molecule has 0 saturated carbocycles. The van der Waals surface area contributed by atoms with Crippen molar-refractivity contribution in [2.75, 3.05) is 13.1 Å². The molecule has 1 atom stereocenters. The van der Waals surface area contributed by atoms with Crippen LogP contribution in [0.5, 0.6) is 0 Å². The highest BCUT2D eigenvalue weighted by Gasteiger charge is 2.47. The van der Waals surface area contributed by atoms with Crippen LogP contribution in [0.3, 0.4) is 0 Å². The summed E-state index contributed by atoms with van der Waals surface area (Å²) in [6.45, 7) is 2.07. The third-order valence-corrected chi connectivity index (χ3v) is 4.42.